The first-order valence-electron chi connectivity index (χ1n) is 5.64. The summed E-state index contributed by atoms with van der Waals surface area (Å²) in [6, 6.07) is 3.65. The predicted molar refractivity (Wildman–Crippen MR) is 73.1 cm³/mol. The standard InChI is InChI=1S/C12H15N2O4P/c1-7-5-9-10(6-8(7)2)14-12(11(15)13-9)19(16,17-3)18-4/h5-6H,1-4H3,(H,13,15). The molecule has 7 heteroatoms. The second-order valence-corrected chi connectivity index (χ2v) is 6.35. The van der Waals surface area contributed by atoms with Crippen molar-refractivity contribution in [2.75, 3.05) is 14.2 Å². The zero-order chi connectivity index (χ0) is 14.2. The lowest BCUT2D eigenvalue weighted by molar-refractivity contribution is 0.286. The van der Waals surface area contributed by atoms with Crippen molar-refractivity contribution < 1.29 is 13.6 Å². The van der Waals surface area contributed by atoms with Crippen molar-refractivity contribution in [3.05, 3.63) is 33.6 Å². The Morgan fingerprint density at radius 2 is 1.74 bits per heavy atom. The highest BCUT2D eigenvalue weighted by molar-refractivity contribution is 7.61. The molecule has 0 atom stereocenters. The molecule has 6 nitrogen and oxygen atoms in total. The van der Waals surface area contributed by atoms with Crippen molar-refractivity contribution in [2.45, 2.75) is 13.8 Å². The van der Waals surface area contributed by atoms with Gasteiger partial charge in [0.1, 0.15) is 0 Å². The Labute approximate surface area is 110 Å². The molecule has 102 valence electrons. The average molecular weight is 282 g/mol. The van der Waals surface area contributed by atoms with Crippen LogP contribution in [0.4, 0.5) is 0 Å². The number of aryl methyl sites for hydroxylation is 2. The number of aromatic amines is 1. The van der Waals surface area contributed by atoms with Crippen LogP contribution in [0.2, 0.25) is 0 Å². The monoisotopic (exact) mass is 282 g/mol. The Morgan fingerprint density at radius 3 is 2.32 bits per heavy atom. The SMILES string of the molecule is COP(=O)(OC)c1nc2cc(C)c(C)cc2[nH]c1=O. The van der Waals surface area contributed by atoms with Crippen LogP contribution < -0.4 is 11.0 Å². The first-order valence-corrected chi connectivity index (χ1v) is 7.19. The quantitative estimate of drug-likeness (QED) is 0.866. The highest BCUT2D eigenvalue weighted by Crippen LogP contribution is 2.43. The molecule has 19 heavy (non-hydrogen) atoms. The second-order valence-electron chi connectivity index (χ2n) is 4.21. The number of nitrogens with one attached hydrogen (secondary N) is 1. The number of H-pyrrole nitrogens is 1. The van der Waals surface area contributed by atoms with E-state index in [2.05, 4.69) is 9.97 Å². The van der Waals surface area contributed by atoms with E-state index in [1.165, 1.54) is 14.2 Å². The van der Waals surface area contributed by atoms with Crippen LogP contribution in [0.15, 0.2) is 16.9 Å². The van der Waals surface area contributed by atoms with E-state index < -0.39 is 13.2 Å². The van der Waals surface area contributed by atoms with Crippen LogP contribution in [0.1, 0.15) is 11.1 Å². The normalized spacial score (nSPS) is 12.0. The molecule has 0 radical (unpaired) electrons. The van der Waals surface area contributed by atoms with Gasteiger partial charge in [0, 0.05) is 14.2 Å². The van der Waals surface area contributed by atoms with Crippen LogP contribution in [0.5, 0.6) is 0 Å². The van der Waals surface area contributed by atoms with Gasteiger partial charge in [-0.2, -0.15) is 0 Å². The van der Waals surface area contributed by atoms with Crippen LogP contribution in [-0.4, -0.2) is 24.2 Å². The lowest BCUT2D eigenvalue weighted by Gasteiger charge is -2.12. The molecule has 0 saturated heterocycles. The number of nitrogens with zero attached hydrogens (tertiary/aromatic N) is 1. The molecule has 1 N–H and O–H groups in total. The first-order chi connectivity index (χ1) is 8.91. The molecule has 0 spiro atoms. The van der Waals surface area contributed by atoms with E-state index in [0.29, 0.717) is 11.0 Å². The van der Waals surface area contributed by atoms with Gasteiger partial charge in [-0.25, -0.2) is 4.98 Å². The van der Waals surface area contributed by atoms with Crippen molar-refractivity contribution in [3.8, 4) is 0 Å². The maximum Gasteiger partial charge on any atom is 0.384 e. The Bertz CT molecular complexity index is 730. The van der Waals surface area contributed by atoms with E-state index in [1.54, 1.807) is 0 Å². The summed E-state index contributed by atoms with van der Waals surface area (Å²) < 4.78 is 21.9. The molecule has 0 amide bonds. The molecule has 1 aromatic carbocycles. The molecule has 0 aliphatic carbocycles. The zero-order valence-corrected chi connectivity index (χ0v) is 12.1. The van der Waals surface area contributed by atoms with Gasteiger partial charge in [0.25, 0.3) is 5.56 Å². The summed E-state index contributed by atoms with van der Waals surface area (Å²) in [6.07, 6.45) is 0. The van der Waals surface area contributed by atoms with Crippen molar-refractivity contribution in [1.29, 1.82) is 0 Å². The van der Waals surface area contributed by atoms with E-state index in [9.17, 15) is 9.36 Å². The van der Waals surface area contributed by atoms with Gasteiger partial charge < -0.3 is 14.0 Å². The lowest BCUT2D eigenvalue weighted by Crippen LogP contribution is -2.31. The van der Waals surface area contributed by atoms with E-state index in [0.717, 1.165) is 11.1 Å². The number of benzene rings is 1. The number of aromatic nitrogens is 2. The number of fused-ring (bicyclic) bond motifs is 1. The Kier molecular flexibility index (Phi) is 3.58. The van der Waals surface area contributed by atoms with Crippen molar-refractivity contribution in [3.63, 3.8) is 0 Å². The second kappa shape index (κ2) is 4.89. The molecule has 2 aromatic rings. The van der Waals surface area contributed by atoms with Crippen LogP contribution in [0.25, 0.3) is 11.0 Å². The van der Waals surface area contributed by atoms with Crippen molar-refractivity contribution in [2.24, 2.45) is 0 Å². The van der Waals surface area contributed by atoms with Gasteiger partial charge in [-0.1, -0.05) is 0 Å². The van der Waals surface area contributed by atoms with Gasteiger partial charge >= 0.3 is 7.60 Å². The van der Waals surface area contributed by atoms with Gasteiger partial charge in [-0.15, -0.1) is 0 Å². The van der Waals surface area contributed by atoms with Gasteiger partial charge in [-0.3, -0.25) is 9.36 Å². The fourth-order valence-corrected chi connectivity index (χ4v) is 2.80. The number of hydrogen-bond acceptors (Lipinski definition) is 5. The third kappa shape index (κ3) is 2.34. The van der Waals surface area contributed by atoms with Gasteiger partial charge in [0.15, 0.2) is 0 Å². The van der Waals surface area contributed by atoms with E-state index in [-0.39, 0.29) is 5.44 Å². The van der Waals surface area contributed by atoms with Crippen LogP contribution >= 0.6 is 7.60 Å². The summed E-state index contributed by atoms with van der Waals surface area (Å²) >= 11 is 0. The molecule has 0 fully saturated rings. The lowest BCUT2D eigenvalue weighted by atomic mass is 10.1. The largest absolute Gasteiger partial charge is 0.384 e. The number of hydrogen-bond donors (Lipinski definition) is 1. The van der Waals surface area contributed by atoms with Crippen molar-refractivity contribution >= 4 is 24.1 Å². The predicted octanol–water partition coefficient (Wildman–Crippen LogP) is 1.65. The summed E-state index contributed by atoms with van der Waals surface area (Å²) in [5.74, 6) is 0. The molecule has 0 saturated carbocycles. The first kappa shape index (κ1) is 13.9. The van der Waals surface area contributed by atoms with Crippen molar-refractivity contribution in [1.82, 2.24) is 9.97 Å². The molecular weight excluding hydrogens is 267 g/mol. The smallest absolute Gasteiger partial charge is 0.318 e. The highest BCUT2D eigenvalue weighted by Gasteiger charge is 2.30. The average Bonchev–Trinajstić information content (AvgIpc) is 2.39. The summed E-state index contributed by atoms with van der Waals surface area (Å²) in [5.41, 5.74) is 2.42. The fraction of sp³-hybridized carbons (Fsp3) is 0.333. The minimum Gasteiger partial charge on any atom is -0.318 e. The van der Waals surface area contributed by atoms with E-state index in [1.807, 2.05) is 26.0 Å². The summed E-state index contributed by atoms with van der Waals surface area (Å²) in [5, 5.41) is 0. The van der Waals surface area contributed by atoms with Gasteiger partial charge in [-0.05, 0) is 37.1 Å². The van der Waals surface area contributed by atoms with Crippen LogP contribution in [0.3, 0.4) is 0 Å². The summed E-state index contributed by atoms with van der Waals surface area (Å²) in [7, 11) is -1.22. The molecule has 0 bridgehead atoms. The van der Waals surface area contributed by atoms with E-state index >= 15 is 0 Å². The fourth-order valence-electron chi connectivity index (χ4n) is 1.77. The maximum absolute atomic E-state index is 12.2. The van der Waals surface area contributed by atoms with Gasteiger partial charge in [0.05, 0.1) is 11.0 Å². The Balaban J connectivity index is 2.79. The molecule has 0 aliphatic heterocycles. The topological polar surface area (TPSA) is 81.3 Å². The third-order valence-corrected chi connectivity index (χ3v) is 4.81. The minimum atomic E-state index is -3.66. The Morgan fingerprint density at radius 1 is 1.16 bits per heavy atom. The summed E-state index contributed by atoms with van der Waals surface area (Å²) in [6.45, 7) is 3.88. The van der Waals surface area contributed by atoms with Crippen LogP contribution in [0, 0.1) is 13.8 Å². The number of rotatable bonds is 3. The molecule has 0 unspecified atom stereocenters. The van der Waals surface area contributed by atoms with Crippen LogP contribution in [-0.2, 0) is 13.6 Å². The van der Waals surface area contributed by atoms with Gasteiger partial charge in [0.2, 0.25) is 5.44 Å². The molecule has 1 heterocycles. The molecular formula is C12H15N2O4P. The molecule has 1 aromatic heterocycles. The Hall–Kier alpha value is -1.49. The molecule has 2 rings (SSSR count). The molecule has 0 aliphatic rings. The summed E-state index contributed by atoms with van der Waals surface area (Å²) in [4.78, 5) is 18.7. The highest BCUT2D eigenvalue weighted by atomic mass is 31.2. The zero-order valence-electron chi connectivity index (χ0n) is 11.2. The third-order valence-electron chi connectivity index (χ3n) is 3.03. The minimum absolute atomic E-state index is 0.228. The maximum atomic E-state index is 12.2. The van der Waals surface area contributed by atoms with E-state index in [4.69, 9.17) is 9.05 Å².